The molecule has 1 nitrogen and oxygen atoms in total. The monoisotopic (exact) mass is 378 g/mol. The van der Waals surface area contributed by atoms with E-state index in [1.165, 1.54) is 75.5 Å². The van der Waals surface area contributed by atoms with Crippen LogP contribution in [0.5, 0.6) is 5.75 Å². The van der Waals surface area contributed by atoms with E-state index >= 15 is 0 Å². The van der Waals surface area contributed by atoms with Gasteiger partial charge in [-0.2, -0.15) is 11.8 Å². The van der Waals surface area contributed by atoms with Crippen LogP contribution >= 0.6 is 11.8 Å². The number of unbranched alkanes of at least 4 members (excludes halogenated alkanes) is 9. The summed E-state index contributed by atoms with van der Waals surface area (Å²) >= 11 is 2.11. The normalized spacial score (nSPS) is 12.5. The van der Waals surface area contributed by atoms with Crippen molar-refractivity contribution in [1.29, 1.82) is 0 Å². The Hall–Kier alpha value is -0.630. The van der Waals surface area contributed by atoms with Gasteiger partial charge in [-0.25, -0.2) is 0 Å². The quantitative estimate of drug-likeness (QED) is 0.312. The lowest BCUT2D eigenvalue weighted by Gasteiger charge is -2.13. The van der Waals surface area contributed by atoms with Crippen LogP contribution in [0.2, 0.25) is 0 Å². The van der Waals surface area contributed by atoms with Crippen molar-refractivity contribution in [2.75, 3.05) is 5.75 Å². The molecule has 0 aromatic heterocycles. The van der Waals surface area contributed by atoms with Gasteiger partial charge in [-0.1, -0.05) is 89.3 Å². The number of hydrogen-bond acceptors (Lipinski definition) is 2. The molecular weight excluding hydrogens is 336 g/mol. The fourth-order valence-corrected chi connectivity index (χ4v) is 4.61. The molecule has 0 fully saturated rings. The molecule has 2 heteroatoms. The average molecular weight is 379 g/mol. The summed E-state index contributed by atoms with van der Waals surface area (Å²) in [7, 11) is 0. The Labute approximate surface area is 167 Å². The first-order valence-corrected chi connectivity index (χ1v) is 12.0. The first-order chi connectivity index (χ1) is 12.5. The highest BCUT2D eigenvalue weighted by Crippen LogP contribution is 2.27. The van der Waals surface area contributed by atoms with Gasteiger partial charge in [-0.3, -0.25) is 0 Å². The van der Waals surface area contributed by atoms with Gasteiger partial charge in [0, 0.05) is 5.25 Å². The molecule has 150 valence electrons. The number of aromatic hydroxyl groups is 1. The second kappa shape index (κ2) is 14.4. The number of phenols is 1. The van der Waals surface area contributed by atoms with E-state index in [2.05, 4.69) is 44.7 Å². The van der Waals surface area contributed by atoms with Gasteiger partial charge in [0.1, 0.15) is 5.75 Å². The van der Waals surface area contributed by atoms with Crippen molar-refractivity contribution in [3.63, 3.8) is 0 Å². The van der Waals surface area contributed by atoms with Gasteiger partial charge in [0.05, 0.1) is 0 Å². The Morgan fingerprint density at radius 2 is 1.46 bits per heavy atom. The first kappa shape index (κ1) is 23.4. The third-order valence-corrected chi connectivity index (χ3v) is 6.57. The molecular formula is C24H42OS. The molecule has 0 radical (unpaired) electrons. The van der Waals surface area contributed by atoms with Crippen molar-refractivity contribution >= 4 is 11.8 Å². The Balaban J connectivity index is 2.01. The van der Waals surface area contributed by atoms with Crippen molar-refractivity contribution in [2.45, 2.75) is 110 Å². The zero-order valence-electron chi connectivity index (χ0n) is 17.8. The summed E-state index contributed by atoms with van der Waals surface area (Å²) in [6.45, 7) is 8.72. The topological polar surface area (TPSA) is 20.2 Å². The van der Waals surface area contributed by atoms with E-state index in [1.807, 2.05) is 6.92 Å². The van der Waals surface area contributed by atoms with E-state index in [-0.39, 0.29) is 0 Å². The lowest BCUT2D eigenvalue weighted by molar-refractivity contribution is 0.462. The van der Waals surface area contributed by atoms with Crippen molar-refractivity contribution < 1.29 is 5.11 Å². The Morgan fingerprint density at radius 1 is 0.885 bits per heavy atom. The summed E-state index contributed by atoms with van der Waals surface area (Å²) in [4.78, 5) is 0. The van der Waals surface area contributed by atoms with Gasteiger partial charge in [-0.15, -0.1) is 0 Å². The van der Waals surface area contributed by atoms with Crippen LogP contribution in [0.25, 0.3) is 0 Å². The van der Waals surface area contributed by atoms with Crippen molar-refractivity contribution in [3.05, 3.63) is 28.8 Å². The molecule has 1 atom stereocenters. The van der Waals surface area contributed by atoms with E-state index in [1.54, 1.807) is 0 Å². The zero-order chi connectivity index (χ0) is 19.2. The summed E-state index contributed by atoms with van der Waals surface area (Å²) in [6.07, 6.45) is 16.3. The smallest absolute Gasteiger partial charge is 0.121 e. The first-order valence-electron chi connectivity index (χ1n) is 10.9. The number of rotatable bonds is 15. The maximum atomic E-state index is 10.2. The molecule has 26 heavy (non-hydrogen) atoms. The average Bonchev–Trinajstić information content (AvgIpc) is 2.61. The van der Waals surface area contributed by atoms with E-state index in [9.17, 15) is 5.11 Å². The number of hydrogen-bond donors (Lipinski definition) is 1. The minimum atomic E-state index is 0.502. The standard InChI is InChI=1S/C24H42OS/c1-5-6-7-8-9-10-11-12-13-14-17-26-22(4)15-16-23-19-20(2)18-21(3)24(23)25/h18-19,22,25H,5-17H2,1-4H3. The molecule has 0 spiro atoms. The summed E-state index contributed by atoms with van der Waals surface area (Å²) in [6, 6.07) is 4.20. The minimum Gasteiger partial charge on any atom is -0.507 e. The Bertz CT molecular complexity index is 483. The summed E-state index contributed by atoms with van der Waals surface area (Å²) in [5.74, 6) is 1.79. The molecule has 0 saturated heterocycles. The van der Waals surface area contributed by atoms with Crippen LogP contribution in [-0.4, -0.2) is 16.1 Å². The summed E-state index contributed by atoms with van der Waals surface area (Å²) < 4.78 is 0. The fourth-order valence-electron chi connectivity index (χ4n) is 3.55. The third kappa shape index (κ3) is 10.5. The minimum absolute atomic E-state index is 0.502. The van der Waals surface area contributed by atoms with Crippen molar-refractivity contribution in [3.8, 4) is 5.75 Å². The maximum absolute atomic E-state index is 10.2. The van der Waals surface area contributed by atoms with Crippen LogP contribution < -0.4 is 0 Å². The van der Waals surface area contributed by atoms with Crippen molar-refractivity contribution in [1.82, 2.24) is 0 Å². The molecule has 1 aromatic carbocycles. The molecule has 1 unspecified atom stereocenters. The second-order valence-corrected chi connectivity index (χ2v) is 9.54. The Kier molecular flexibility index (Phi) is 13.0. The van der Waals surface area contributed by atoms with Crippen LogP contribution in [-0.2, 0) is 6.42 Å². The van der Waals surface area contributed by atoms with E-state index < -0.39 is 0 Å². The molecule has 1 rings (SSSR count). The van der Waals surface area contributed by atoms with Gasteiger partial charge >= 0.3 is 0 Å². The predicted molar refractivity (Wildman–Crippen MR) is 120 cm³/mol. The van der Waals surface area contributed by atoms with Crippen LogP contribution in [0.3, 0.4) is 0 Å². The van der Waals surface area contributed by atoms with E-state index in [0.717, 1.165) is 24.0 Å². The van der Waals surface area contributed by atoms with Gasteiger partial charge in [-0.05, 0) is 50.0 Å². The highest BCUT2D eigenvalue weighted by atomic mass is 32.2. The number of benzene rings is 1. The lowest BCUT2D eigenvalue weighted by atomic mass is 10.0. The zero-order valence-corrected chi connectivity index (χ0v) is 18.6. The highest BCUT2D eigenvalue weighted by molar-refractivity contribution is 7.99. The molecule has 0 bridgehead atoms. The molecule has 1 aromatic rings. The van der Waals surface area contributed by atoms with E-state index in [0.29, 0.717) is 11.0 Å². The van der Waals surface area contributed by atoms with Gasteiger partial charge in [0.15, 0.2) is 0 Å². The second-order valence-electron chi connectivity index (χ2n) is 7.99. The van der Waals surface area contributed by atoms with Gasteiger partial charge in [0.2, 0.25) is 0 Å². The van der Waals surface area contributed by atoms with Gasteiger partial charge < -0.3 is 5.11 Å². The predicted octanol–water partition coefficient (Wildman–Crippen LogP) is 7.98. The van der Waals surface area contributed by atoms with Gasteiger partial charge in [0.25, 0.3) is 0 Å². The van der Waals surface area contributed by atoms with E-state index in [4.69, 9.17) is 0 Å². The van der Waals surface area contributed by atoms with Crippen LogP contribution in [0, 0.1) is 13.8 Å². The molecule has 1 N–H and O–H groups in total. The van der Waals surface area contributed by atoms with Crippen LogP contribution in [0.15, 0.2) is 12.1 Å². The number of thioether (sulfide) groups is 1. The Morgan fingerprint density at radius 3 is 2.08 bits per heavy atom. The van der Waals surface area contributed by atoms with Crippen LogP contribution in [0.4, 0.5) is 0 Å². The number of phenolic OH excluding ortho intramolecular Hbond substituents is 1. The third-order valence-electron chi connectivity index (χ3n) is 5.24. The molecule has 0 saturated carbocycles. The maximum Gasteiger partial charge on any atom is 0.121 e. The lowest BCUT2D eigenvalue weighted by Crippen LogP contribution is -2.01. The molecule has 0 aliphatic carbocycles. The largest absolute Gasteiger partial charge is 0.507 e. The summed E-state index contributed by atoms with van der Waals surface area (Å²) in [5.41, 5.74) is 3.38. The molecule has 0 aliphatic rings. The fraction of sp³-hybridized carbons (Fsp3) is 0.750. The summed E-state index contributed by atoms with van der Waals surface area (Å²) in [5, 5.41) is 10.9. The van der Waals surface area contributed by atoms with Crippen LogP contribution in [0.1, 0.15) is 101 Å². The molecule has 0 amide bonds. The molecule has 0 heterocycles. The molecule has 0 aliphatic heterocycles. The highest BCUT2D eigenvalue weighted by Gasteiger charge is 2.08. The van der Waals surface area contributed by atoms with Crippen molar-refractivity contribution in [2.24, 2.45) is 0 Å². The number of aryl methyl sites for hydroxylation is 3. The SMILES string of the molecule is CCCCCCCCCCCCSC(C)CCc1cc(C)cc(C)c1O.